The first kappa shape index (κ1) is 28.4. The SMILES string of the molecule is COCCN(CC(=O)N(CCc1ccc(OC)c(OC)c1)Cc1ccco1)C(=O)c1cc(Cl)cc(Cl)c1. The lowest BCUT2D eigenvalue weighted by Crippen LogP contribution is -2.44. The van der Waals surface area contributed by atoms with Gasteiger partial charge in [-0.2, -0.15) is 0 Å². The van der Waals surface area contributed by atoms with E-state index in [9.17, 15) is 9.59 Å². The molecule has 0 bridgehead atoms. The van der Waals surface area contributed by atoms with Crippen LogP contribution >= 0.6 is 23.2 Å². The van der Waals surface area contributed by atoms with Crippen molar-refractivity contribution in [3.8, 4) is 11.5 Å². The predicted octanol–water partition coefficient (Wildman–Crippen LogP) is 4.96. The summed E-state index contributed by atoms with van der Waals surface area (Å²) in [5.74, 6) is 1.27. The molecule has 10 heteroatoms. The van der Waals surface area contributed by atoms with E-state index in [0.29, 0.717) is 45.8 Å². The molecule has 37 heavy (non-hydrogen) atoms. The minimum atomic E-state index is -0.368. The van der Waals surface area contributed by atoms with Crippen LogP contribution in [0.15, 0.2) is 59.2 Å². The van der Waals surface area contributed by atoms with Crippen molar-refractivity contribution in [3.63, 3.8) is 0 Å². The summed E-state index contributed by atoms with van der Waals surface area (Å²) < 4.78 is 21.4. The second-order valence-electron chi connectivity index (χ2n) is 8.21. The predicted molar refractivity (Wildman–Crippen MR) is 142 cm³/mol. The van der Waals surface area contributed by atoms with Crippen LogP contribution in [0.5, 0.6) is 11.5 Å². The number of ether oxygens (including phenoxy) is 3. The molecule has 8 nitrogen and oxygen atoms in total. The Morgan fingerprint density at radius 3 is 2.24 bits per heavy atom. The molecule has 1 heterocycles. The summed E-state index contributed by atoms with van der Waals surface area (Å²) in [4.78, 5) is 29.9. The molecule has 0 saturated carbocycles. The highest BCUT2D eigenvalue weighted by atomic mass is 35.5. The molecule has 2 aromatic carbocycles. The van der Waals surface area contributed by atoms with Crippen molar-refractivity contribution >= 4 is 35.0 Å². The molecule has 2 amide bonds. The van der Waals surface area contributed by atoms with Crippen LogP contribution in [-0.2, 0) is 22.5 Å². The molecule has 0 spiro atoms. The topological polar surface area (TPSA) is 81.5 Å². The van der Waals surface area contributed by atoms with E-state index in [2.05, 4.69) is 0 Å². The maximum atomic E-state index is 13.5. The minimum Gasteiger partial charge on any atom is -0.493 e. The molecule has 0 fully saturated rings. The zero-order valence-electron chi connectivity index (χ0n) is 21.0. The van der Waals surface area contributed by atoms with Crippen LogP contribution in [0.4, 0.5) is 0 Å². The van der Waals surface area contributed by atoms with Crippen LogP contribution in [0.25, 0.3) is 0 Å². The zero-order chi connectivity index (χ0) is 26.8. The average molecular weight is 549 g/mol. The Morgan fingerprint density at radius 2 is 1.62 bits per heavy atom. The monoisotopic (exact) mass is 548 g/mol. The van der Waals surface area contributed by atoms with Crippen LogP contribution in [0.1, 0.15) is 21.7 Å². The quantitative estimate of drug-likeness (QED) is 0.300. The van der Waals surface area contributed by atoms with E-state index in [1.165, 1.54) is 24.1 Å². The summed E-state index contributed by atoms with van der Waals surface area (Å²) in [6.45, 7) is 0.977. The summed E-state index contributed by atoms with van der Waals surface area (Å²) in [5.41, 5.74) is 1.26. The number of nitrogens with zero attached hydrogens (tertiary/aromatic N) is 2. The van der Waals surface area contributed by atoms with Gasteiger partial charge in [-0.15, -0.1) is 0 Å². The molecule has 198 valence electrons. The Hall–Kier alpha value is -3.20. The summed E-state index contributed by atoms with van der Waals surface area (Å²) in [6.07, 6.45) is 2.12. The lowest BCUT2D eigenvalue weighted by atomic mass is 10.1. The number of hydrogen-bond donors (Lipinski definition) is 0. The highest BCUT2D eigenvalue weighted by Crippen LogP contribution is 2.28. The summed E-state index contributed by atoms with van der Waals surface area (Å²) in [5, 5.41) is 0.673. The highest BCUT2D eigenvalue weighted by molar-refractivity contribution is 6.35. The summed E-state index contributed by atoms with van der Waals surface area (Å²) in [6, 6.07) is 13.8. The third kappa shape index (κ3) is 8.15. The molecule has 0 N–H and O–H groups in total. The number of carbonyl (C=O) groups excluding carboxylic acids is 2. The largest absolute Gasteiger partial charge is 0.493 e. The standard InChI is InChI=1S/C27H30Cl2N2O6/c1-34-12-10-31(27(33)20-14-21(28)16-22(29)15-20)18-26(32)30(17-23-5-4-11-37-23)9-8-19-6-7-24(35-2)25(13-19)36-3/h4-7,11,13-16H,8-10,12,17-18H2,1-3H3. The molecule has 3 rings (SSSR count). The van der Waals surface area contributed by atoms with Gasteiger partial charge in [0.25, 0.3) is 5.91 Å². The first-order valence-electron chi connectivity index (χ1n) is 11.6. The maximum Gasteiger partial charge on any atom is 0.254 e. The Labute approximate surface area is 226 Å². The lowest BCUT2D eigenvalue weighted by Gasteiger charge is -2.27. The molecule has 0 saturated heterocycles. The zero-order valence-corrected chi connectivity index (χ0v) is 22.6. The van der Waals surface area contributed by atoms with E-state index in [0.717, 1.165) is 5.56 Å². The number of carbonyl (C=O) groups is 2. The highest BCUT2D eigenvalue weighted by Gasteiger charge is 2.24. The second-order valence-corrected chi connectivity index (χ2v) is 9.08. The van der Waals surface area contributed by atoms with Crippen LogP contribution in [0, 0.1) is 0 Å². The van der Waals surface area contributed by atoms with Crippen LogP contribution in [0.3, 0.4) is 0 Å². The average Bonchev–Trinajstić information content (AvgIpc) is 3.40. The van der Waals surface area contributed by atoms with Gasteiger partial charge in [-0.1, -0.05) is 29.3 Å². The van der Waals surface area contributed by atoms with Crippen LogP contribution in [-0.4, -0.2) is 69.2 Å². The Balaban J connectivity index is 1.79. The van der Waals surface area contributed by atoms with Gasteiger partial charge in [-0.05, 0) is 54.4 Å². The van der Waals surface area contributed by atoms with Gasteiger partial charge in [0.05, 0.1) is 33.6 Å². The fraction of sp³-hybridized carbons (Fsp3) is 0.333. The third-order valence-corrected chi connectivity index (χ3v) is 6.12. The lowest BCUT2D eigenvalue weighted by molar-refractivity contribution is -0.132. The van der Waals surface area contributed by atoms with Crippen molar-refractivity contribution in [2.75, 3.05) is 47.6 Å². The van der Waals surface area contributed by atoms with Gasteiger partial charge in [0.1, 0.15) is 12.3 Å². The fourth-order valence-corrected chi connectivity index (χ4v) is 4.29. The third-order valence-electron chi connectivity index (χ3n) is 5.69. The van der Waals surface area contributed by atoms with Crippen molar-refractivity contribution in [2.24, 2.45) is 0 Å². The first-order chi connectivity index (χ1) is 17.8. The molecule has 3 aromatic rings. The number of halogens is 2. The van der Waals surface area contributed by atoms with E-state index in [4.69, 9.17) is 41.8 Å². The molecule has 0 radical (unpaired) electrons. The molecule has 0 atom stereocenters. The molecule has 0 unspecified atom stereocenters. The maximum absolute atomic E-state index is 13.5. The molecule has 0 aliphatic carbocycles. The van der Waals surface area contributed by atoms with E-state index >= 15 is 0 Å². The van der Waals surface area contributed by atoms with Crippen molar-refractivity contribution in [1.82, 2.24) is 9.80 Å². The van der Waals surface area contributed by atoms with Gasteiger partial charge in [0.2, 0.25) is 5.91 Å². The first-order valence-corrected chi connectivity index (χ1v) is 12.4. The molecule has 0 aliphatic rings. The number of amides is 2. The minimum absolute atomic E-state index is 0.154. The Morgan fingerprint density at radius 1 is 0.892 bits per heavy atom. The van der Waals surface area contributed by atoms with Crippen molar-refractivity contribution < 1.29 is 28.2 Å². The van der Waals surface area contributed by atoms with E-state index in [-0.39, 0.29) is 38.1 Å². The van der Waals surface area contributed by atoms with Crippen LogP contribution < -0.4 is 9.47 Å². The molecule has 0 aliphatic heterocycles. The Kier molecular flexibility index (Phi) is 10.7. The van der Waals surface area contributed by atoms with E-state index in [1.807, 2.05) is 18.2 Å². The van der Waals surface area contributed by atoms with Crippen molar-refractivity contribution in [3.05, 3.63) is 81.7 Å². The smallest absolute Gasteiger partial charge is 0.254 e. The van der Waals surface area contributed by atoms with Gasteiger partial charge in [-0.25, -0.2) is 0 Å². The molecular formula is C27H30Cl2N2O6. The fourth-order valence-electron chi connectivity index (χ4n) is 3.76. The van der Waals surface area contributed by atoms with E-state index < -0.39 is 0 Å². The number of benzene rings is 2. The summed E-state index contributed by atoms with van der Waals surface area (Å²) in [7, 11) is 4.69. The van der Waals surface area contributed by atoms with Gasteiger partial charge in [0.15, 0.2) is 11.5 Å². The van der Waals surface area contributed by atoms with Crippen molar-refractivity contribution in [1.29, 1.82) is 0 Å². The van der Waals surface area contributed by atoms with Crippen molar-refractivity contribution in [2.45, 2.75) is 13.0 Å². The van der Waals surface area contributed by atoms with E-state index in [1.54, 1.807) is 43.6 Å². The van der Waals surface area contributed by atoms with Crippen LogP contribution in [0.2, 0.25) is 10.0 Å². The summed E-state index contributed by atoms with van der Waals surface area (Å²) >= 11 is 12.2. The van der Waals surface area contributed by atoms with Gasteiger partial charge < -0.3 is 28.4 Å². The number of rotatable bonds is 13. The molecule has 1 aromatic heterocycles. The molecular weight excluding hydrogens is 519 g/mol. The second kappa shape index (κ2) is 13.9. The number of methoxy groups -OCH3 is 3. The Bertz CT molecular complexity index is 1170. The van der Waals surface area contributed by atoms with Gasteiger partial charge in [-0.3, -0.25) is 9.59 Å². The number of furan rings is 1. The normalized spacial score (nSPS) is 10.7. The number of hydrogen-bond acceptors (Lipinski definition) is 6. The van der Waals surface area contributed by atoms with Gasteiger partial charge >= 0.3 is 0 Å². The van der Waals surface area contributed by atoms with Gasteiger partial charge in [0, 0.05) is 35.8 Å².